The van der Waals surface area contributed by atoms with Crippen LogP contribution in [0.25, 0.3) is 0 Å². The largest absolute Gasteiger partial charge is 0.0693 e. The van der Waals surface area contributed by atoms with E-state index in [2.05, 4.69) is 33.5 Å². The van der Waals surface area contributed by atoms with Crippen LogP contribution in [0.15, 0.2) is 0 Å². The molecule has 66 valence electrons. The maximum Gasteiger partial charge on any atom is 0.0474 e. The summed E-state index contributed by atoms with van der Waals surface area (Å²) in [5.74, 6) is 1.98. The molecular weight excluding hydrogens is 148 g/mol. The topological polar surface area (TPSA) is 0 Å². The maximum absolute atomic E-state index is 2.52. The summed E-state index contributed by atoms with van der Waals surface area (Å²) in [6.45, 7) is 12.4. The molecule has 0 heterocycles. The highest BCUT2D eigenvalue weighted by atomic mass is 28.3. The SMILES string of the molecule is CC1CC([Si](C)(C)C)CC1C. The molecule has 0 N–H and O–H groups in total. The predicted molar refractivity (Wildman–Crippen MR) is 54.7 cm³/mol. The summed E-state index contributed by atoms with van der Waals surface area (Å²) in [5.41, 5.74) is 1.10. The molecule has 0 spiro atoms. The van der Waals surface area contributed by atoms with Crippen LogP contribution in [0.2, 0.25) is 25.2 Å². The summed E-state index contributed by atoms with van der Waals surface area (Å²) in [5, 5.41) is 0. The minimum absolute atomic E-state index is 0.808. The molecule has 0 aliphatic heterocycles. The lowest BCUT2D eigenvalue weighted by atomic mass is 10.0. The number of hydrogen-bond acceptors (Lipinski definition) is 0. The van der Waals surface area contributed by atoms with Crippen LogP contribution in [0.5, 0.6) is 0 Å². The molecule has 11 heavy (non-hydrogen) atoms. The average Bonchev–Trinajstić information content (AvgIpc) is 2.11. The fraction of sp³-hybridized carbons (Fsp3) is 1.00. The van der Waals surface area contributed by atoms with Crippen molar-refractivity contribution in [2.75, 3.05) is 0 Å². The average molecular weight is 170 g/mol. The zero-order valence-corrected chi connectivity index (χ0v) is 9.65. The van der Waals surface area contributed by atoms with Crippen LogP contribution in [0, 0.1) is 11.8 Å². The first-order valence-electron chi connectivity index (χ1n) is 4.91. The Labute approximate surface area is 72.4 Å². The Kier molecular flexibility index (Phi) is 2.48. The van der Waals surface area contributed by atoms with E-state index in [1.54, 1.807) is 0 Å². The van der Waals surface area contributed by atoms with Gasteiger partial charge in [0.25, 0.3) is 0 Å². The van der Waals surface area contributed by atoms with E-state index in [0.717, 1.165) is 17.4 Å². The zero-order valence-electron chi connectivity index (χ0n) is 8.65. The van der Waals surface area contributed by atoms with Crippen LogP contribution >= 0.6 is 0 Å². The molecule has 1 aliphatic carbocycles. The first kappa shape index (κ1) is 9.31. The predicted octanol–water partition coefficient (Wildman–Crippen LogP) is 3.76. The van der Waals surface area contributed by atoms with E-state index in [4.69, 9.17) is 0 Å². The highest BCUT2D eigenvalue weighted by molar-refractivity contribution is 6.77. The van der Waals surface area contributed by atoms with E-state index < -0.39 is 8.07 Å². The molecule has 0 aromatic heterocycles. The lowest BCUT2D eigenvalue weighted by Crippen LogP contribution is -2.26. The summed E-state index contributed by atoms with van der Waals surface area (Å²) in [6, 6.07) is 0. The molecule has 2 atom stereocenters. The molecule has 0 aromatic rings. The molecule has 0 saturated heterocycles. The van der Waals surface area contributed by atoms with Crippen LogP contribution in [0.3, 0.4) is 0 Å². The van der Waals surface area contributed by atoms with Crippen LogP contribution in [0.1, 0.15) is 26.7 Å². The standard InChI is InChI=1S/C10H22Si/c1-8-6-10(7-9(8)2)11(3,4)5/h8-10H,6-7H2,1-5H3. The molecule has 1 fully saturated rings. The molecule has 0 nitrogen and oxygen atoms in total. The van der Waals surface area contributed by atoms with Gasteiger partial charge in [-0.25, -0.2) is 0 Å². The monoisotopic (exact) mass is 170 g/mol. The Morgan fingerprint density at radius 3 is 1.45 bits per heavy atom. The Morgan fingerprint density at radius 2 is 1.27 bits per heavy atom. The van der Waals surface area contributed by atoms with Crippen molar-refractivity contribution in [2.24, 2.45) is 11.8 Å². The molecule has 1 rings (SSSR count). The van der Waals surface area contributed by atoms with Crippen molar-refractivity contribution in [2.45, 2.75) is 51.9 Å². The lowest BCUT2D eigenvalue weighted by Gasteiger charge is -2.24. The van der Waals surface area contributed by atoms with Crippen molar-refractivity contribution in [3.05, 3.63) is 0 Å². The molecule has 1 aliphatic rings. The van der Waals surface area contributed by atoms with Gasteiger partial charge in [-0.2, -0.15) is 0 Å². The van der Waals surface area contributed by atoms with Gasteiger partial charge in [0, 0.05) is 8.07 Å². The smallest absolute Gasteiger partial charge is 0.0474 e. The lowest BCUT2D eigenvalue weighted by molar-refractivity contribution is 0.457. The zero-order chi connectivity index (χ0) is 8.65. The summed E-state index contributed by atoms with van der Waals surface area (Å²) in [7, 11) is -0.808. The Hall–Kier alpha value is 0.217. The summed E-state index contributed by atoms with van der Waals surface area (Å²) >= 11 is 0. The summed E-state index contributed by atoms with van der Waals surface area (Å²) in [4.78, 5) is 0. The molecular formula is C10H22Si. The van der Waals surface area contributed by atoms with Gasteiger partial charge in [-0.3, -0.25) is 0 Å². The normalized spacial score (nSPS) is 39.5. The van der Waals surface area contributed by atoms with Gasteiger partial charge in [0.05, 0.1) is 0 Å². The third kappa shape index (κ3) is 2.08. The van der Waals surface area contributed by atoms with E-state index in [-0.39, 0.29) is 0 Å². The third-order valence-electron chi connectivity index (χ3n) is 3.51. The van der Waals surface area contributed by atoms with Crippen molar-refractivity contribution in [1.82, 2.24) is 0 Å². The van der Waals surface area contributed by atoms with Gasteiger partial charge >= 0.3 is 0 Å². The van der Waals surface area contributed by atoms with Crippen molar-refractivity contribution in [1.29, 1.82) is 0 Å². The van der Waals surface area contributed by atoms with Crippen LogP contribution in [0.4, 0.5) is 0 Å². The van der Waals surface area contributed by atoms with E-state index in [0.29, 0.717) is 0 Å². The molecule has 2 unspecified atom stereocenters. The minimum atomic E-state index is -0.808. The van der Waals surface area contributed by atoms with Crippen molar-refractivity contribution < 1.29 is 0 Å². The van der Waals surface area contributed by atoms with Crippen molar-refractivity contribution >= 4 is 8.07 Å². The molecule has 0 radical (unpaired) electrons. The first-order chi connectivity index (χ1) is 4.91. The van der Waals surface area contributed by atoms with Gasteiger partial charge < -0.3 is 0 Å². The van der Waals surface area contributed by atoms with Gasteiger partial charge in [-0.15, -0.1) is 0 Å². The third-order valence-corrected chi connectivity index (χ3v) is 6.43. The van der Waals surface area contributed by atoms with Gasteiger partial charge in [0.1, 0.15) is 0 Å². The van der Waals surface area contributed by atoms with E-state index >= 15 is 0 Å². The second-order valence-corrected chi connectivity index (χ2v) is 11.0. The van der Waals surface area contributed by atoms with E-state index in [9.17, 15) is 0 Å². The van der Waals surface area contributed by atoms with Gasteiger partial charge in [-0.1, -0.05) is 33.5 Å². The second kappa shape index (κ2) is 2.93. The number of rotatable bonds is 1. The Morgan fingerprint density at radius 1 is 0.909 bits per heavy atom. The van der Waals surface area contributed by atoms with E-state index in [1.807, 2.05) is 0 Å². The Balaban J connectivity index is 2.54. The fourth-order valence-electron chi connectivity index (χ4n) is 2.17. The van der Waals surface area contributed by atoms with Gasteiger partial charge in [0.2, 0.25) is 0 Å². The quantitative estimate of drug-likeness (QED) is 0.526. The molecule has 0 amide bonds. The summed E-state index contributed by atoms with van der Waals surface area (Å²) in [6.07, 6.45) is 3.02. The van der Waals surface area contributed by atoms with Crippen LogP contribution < -0.4 is 0 Å². The highest BCUT2D eigenvalue weighted by Gasteiger charge is 2.36. The molecule has 1 heteroatoms. The molecule has 1 saturated carbocycles. The van der Waals surface area contributed by atoms with Crippen LogP contribution in [-0.2, 0) is 0 Å². The second-order valence-electron chi connectivity index (χ2n) is 5.49. The number of hydrogen-bond donors (Lipinski definition) is 0. The maximum atomic E-state index is 2.52. The van der Waals surface area contributed by atoms with Gasteiger partial charge in [-0.05, 0) is 30.2 Å². The minimum Gasteiger partial charge on any atom is -0.0693 e. The fourth-order valence-corrected chi connectivity index (χ4v) is 4.32. The molecule has 0 aromatic carbocycles. The van der Waals surface area contributed by atoms with E-state index in [1.165, 1.54) is 12.8 Å². The Bertz CT molecular complexity index is 124. The highest BCUT2D eigenvalue weighted by Crippen LogP contribution is 2.44. The first-order valence-corrected chi connectivity index (χ1v) is 8.49. The van der Waals surface area contributed by atoms with Crippen molar-refractivity contribution in [3.63, 3.8) is 0 Å². The summed E-state index contributed by atoms with van der Waals surface area (Å²) < 4.78 is 0. The van der Waals surface area contributed by atoms with Crippen LogP contribution in [-0.4, -0.2) is 8.07 Å². The molecule has 0 bridgehead atoms. The van der Waals surface area contributed by atoms with Gasteiger partial charge in [0.15, 0.2) is 0 Å². The van der Waals surface area contributed by atoms with Crippen molar-refractivity contribution in [3.8, 4) is 0 Å².